The minimum Gasteiger partial charge on any atom is -0.485 e. The zero-order valence-corrected chi connectivity index (χ0v) is 12.2. The van der Waals surface area contributed by atoms with Gasteiger partial charge in [0.05, 0.1) is 5.56 Å². The van der Waals surface area contributed by atoms with Gasteiger partial charge in [-0.1, -0.05) is 15.9 Å². The van der Waals surface area contributed by atoms with Crippen LogP contribution in [0.5, 0.6) is 5.75 Å². The zero-order valence-electron chi connectivity index (χ0n) is 10.6. The van der Waals surface area contributed by atoms with Gasteiger partial charge in [-0.2, -0.15) is 0 Å². The summed E-state index contributed by atoms with van der Waals surface area (Å²) in [7, 11) is 0. The average molecular weight is 341 g/mol. The van der Waals surface area contributed by atoms with Gasteiger partial charge in [0, 0.05) is 10.5 Å². The minimum absolute atomic E-state index is 0.180. The zero-order chi connectivity index (χ0) is 14.7. The first-order valence-corrected chi connectivity index (χ1v) is 6.64. The van der Waals surface area contributed by atoms with Crippen LogP contribution in [0.25, 0.3) is 0 Å². The number of Topliss-reactive ketones (excluding diaryl/α,β-unsaturated/α-hetero) is 1. The molecule has 2 nitrogen and oxygen atoms in total. The van der Waals surface area contributed by atoms with Crippen molar-refractivity contribution >= 4 is 21.7 Å². The van der Waals surface area contributed by atoms with Crippen molar-refractivity contribution in [2.45, 2.75) is 6.92 Å². The fourth-order valence-electron chi connectivity index (χ4n) is 1.65. The molecule has 0 saturated carbocycles. The third-order valence-corrected chi connectivity index (χ3v) is 3.62. The Labute approximate surface area is 123 Å². The molecule has 0 amide bonds. The van der Waals surface area contributed by atoms with Crippen LogP contribution < -0.4 is 4.74 Å². The maximum absolute atomic E-state index is 13.4. The van der Waals surface area contributed by atoms with Gasteiger partial charge in [-0.25, -0.2) is 8.78 Å². The molecule has 104 valence electrons. The van der Waals surface area contributed by atoms with Crippen LogP contribution >= 0.6 is 15.9 Å². The van der Waals surface area contributed by atoms with Crippen molar-refractivity contribution in [2.24, 2.45) is 0 Å². The van der Waals surface area contributed by atoms with Crippen molar-refractivity contribution in [3.63, 3.8) is 0 Å². The van der Waals surface area contributed by atoms with Crippen LogP contribution in [0, 0.1) is 18.6 Å². The van der Waals surface area contributed by atoms with Gasteiger partial charge < -0.3 is 4.74 Å². The molecule has 0 atom stereocenters. The predicted molar refractivity (Wildman–Crippen MR) is 75.1 cm³/mol. The van der Waals surface area contributed by atoms with Crippen molar-refractivity contribution in [1.82, 2.24) is 0 Å². The standard InChI is InChI=1S/C15H11BrF2O2/c1-9-6-11(3-5-13(9)16)20-8-15(19)12-4-2-10(17)7-14(12)18/h2-7H,8H2,1H3. The largest absolute Gasteiger partial charge is 0.485 e. The summed E-state index contributed by atoms with van der Waals surface area (Å²) in [5, 5.41) is 0. The molecule has 0 unspecified atom stereocenters. The normalized spacial score (nSPS) is 10.4. The number of hydrogen-bond acceptors (Lipinski definition) is 2. The number of carbonyl (C=O) groups excluding carboxylic acids is 1. The molecule has 0 aromatic heterocycles. The second-order valence-corrected chi connectivity index (χ2v) is 5.10. The number of hydrogen-bond donors (Lipinski definition) is 0. The molecule has 0 aliphatic carbocycles. The molecular formula is C15H11BrF2O2. The van der Waals surface area contributed by atoms with E-state index in [9.17, 15) is 13.6 Å². The van der Waals surface area contributed by atoms with Gasteiger partial charge in [0.25, 0.3) is 0 Å². The third-order valence-electron chi connectivity index (χ3n) is 2.73. The van der Waals surface area contributed by atoms with E-state index in [-0.39, 0.29) is 12.2 Å². The fraction of sp³-hybridized carbons (Fsp3) is 0.133. The number of carbonyl (C=O) groups is 1. The molecule has 2 rings (SSSR count). The lowest BCUT2D eigenvalue weighted by molar-refractivity contribution is 0.0917. The highest BCUT2D eigenvalue weighted by Crippen LogP contribution is 2.21. The van der Waals surface area contributed by atoms with Gasteiger partial charge in [-0.05, 0) is 42.8 Å². The first-order valence-electron chi connectivity index (χ1n) is 5.84. The van der Waals surface area contributed by atoms with Crippen LogP contribution in [0.2, 0.25) is 0 Å². The average Bonchev–Trinajstić information content (AvgIpc) is 2.40. The summed E-state index contributed by atoms with van der Waals surface area (Å²) < 4.78 is 32.4. The molecule has 2 aromatic carbocycles. The molecule has 20 heavy (non-hydrogen) atoms. The second kappa shape index (κ2) is 6.13. The molecule has 5 heteroatoms. The number of ketones is 1. The lowest BCUT2D eigenvalue weighted by Crippen LogP contribution is -2.13. The number of halogens is 3. The Bertz CT molecular complexity index is 656. The predicted octanol–water partition coefficient (Wildman–Crippen LogP) is 4.30. The second-order valence-electron chi connectivity index (χ2n) is 4.25. The van der Waals surface area contributed by atoms with E-state index in [2.05, 4.69) is 15.9 Å². The van der Waals surface area contributed by atoms with Gasteiger partial charge >= 0.3 is 0 Å². The monoisotopic (exact) mass is 340 g/mol. The van der Waals surface area contributed by atoms with E-state index in [1.54, 1.807) is 18.2 Å². The molecule has 0 fully saturated rings. The van der Waals surface area contributed by atoms with Crippen molar-refractivity contribution in [3.8, 4) is 5.75 Å². The molecule has 0 bridgehead atoms. The van der Waals surface area contributed by atoms with Crippen molar-refractivity contribution < 1.29 is 18.3 Å². The van der Waals surface area contributed by atoms with Crippen LogP contribution in [-0.2, 0) is 0 Å². The van der Waals surface area contributed by atoms with E-state index in [0.29, 0.717) is 11.8 Å². The summed E-state index contributed by atoms with van der Waals surface area (Å²) in [6.07, 6.45) is 0. The van der Waals surface area contributed by atoms with Gasteiger partial charge in [-0.3, -0.25) is 4.79 Å². The SMILES string of the molecule is Cc1cc(OCC(=O)c2ccc(F)cc2F)ccc1Br. The van der Waals surface area contributed by atoms with Crippen LogP contribution in [0.1, 0.15) is 15.9 Å². The van der Waals surface area contributed by atoms with E-state index in [4.69, 9.17) is 4.74 Å². The van der Waals surface area contributed by atoms with E-state index >= 15 is 0 Å². The smallest absolute Gasteiger partial charge is 0.203 e. The molecule has 0 spiro atoms. The van der Waals surface area contributed by atoms with Gasteiger partial charge in [0.1, 0.15) is 17.4 Å². The molecular weight excluding hydrogens is 330 g/mol. The topological polar surface area (TPSA) is 26.3 Å². The van der Waals surface area contributed by atoms with Crippen LogP contribution in [0.4, 0.5) is 8.78 Å². The highest BCUT2D eigenvalue weighted by molar-refractivity contribution is 9.10. The minimum atomic E-state index is -0.884. The maximum atomic E-state index is 13.4. The highest BCUT2D eigenvalue weighted by atomic mass is 79.9. The van der Waals surface area contributed by atoms with Crippen LogP contribution in [-0.4, -0.2) is 12.4 Å². The number of ether oxygens (including phenoxy) is 1. The summed E-state index contributed by atoms with van der Waals surface area (Å²) in [4.78, 5) is 11.8. The van der Waals surface area contributed by atoms with Crippen molar-refractivity contribution in [2.75, 3.05) is 6.61 Å². The van der Waals surface area contributed by atoms with Gasteiger partial charge in [0.15, 0.2) is 6.61 Å². The Hall–Kier alpha value is -1.75. The molecule has 0 saturated heterocycles. The maximum Gasteiger partial charge on any atom is 0.203 e. The molecule has 0 N–H and O–H groups in total. The Morgan fingerprint density at radius 1 is 1.20 bits per heavy atom. The van der Waals surface area contributed by atoms with Crippen LogP contribution in [0.15, 0.2) is 40.9 Å². The Morgan fingerprint density at radius 3 is 2.60 bits per heavy atom. The number of rotatable bonds is 4. The van der Waals surface area contributed by atoms with Crippen LogP contribution in [0.3, 0.4) is 0 Å². The fourth-order valence-corrected chi connectivity index (χ4v) is 1.90. The number of benzene rings is 2. The van der Waals surface area contributed by atoms with E-state index < -0.39 is 17.4 Å². The summed E-state index contributed by atoms with van der Waals surface area (Å²) in [5.74, 6) is -1.63. The highest BCUT2D eigenvalue weighted by Gasteiger charge is 2.13. The lowest BCUT2D eigenvalue weighted by Gasteiger charge is -2.08. The Morgan fingerprint density at radius 2 is 1.95 bits per heavy atom. The van der Waals surface area contributed by atoms with Crippen molar-refractivity contribution in [3.05, 3.63) is 63.6 Å². The molecule has 0 aliphatic rings. The van der Waals surface area contributed by atoms with E-state index in [0.717, 1.165) is 22.2 Å². The first-order chi connectivity index (χ1) is 9.47. The van der Waals surface area contributed by atoms with E-state index in [1.807, 2.05) is 6.92 Å². The van der Waals surface area contributed by atoms with E-state index in [1.165, 1.54) is 0 Å². The quantitative estimate of drug-likeness (QED) is 0.775. The Kier molecular flexibility index (Phi) is 4.49. The lowest BCUT2D eigenvalue weighted by atomic mass is 10.1. The number of aryl methyl sites for hydroxylation is 1. The first kappa shape index (κ1) is 14.7. The summed E-state index contributed by atoms with van der Waals surface area (Å²) in [5.41, 5.74) is 0.781. The third kappa shape index (κ3) is 3.42. The summed E-state index contributed by atoms with van der Waals surface area (Å²) in [6.45, 7) is 1.59. The van der Waals surface area contributed by atoms with Crippen molar-refractivity contribution in [1.29, 1.82) is 0 Å². The molecule has 2 aromatic rings. The Balaban J connectivity index is 2.06. The summed E-state index contributed by atoms with van der Waals surface area (Å²) >= 11 is 3.35. The van der Waals surface area contributed by atoms with Gasteiger partial charge in [0.2, 0.25) is 5.78 Å². The molecule has 0 aliphatic heterocycles. The van der Waals surface area contributed by atoms with Gasteiger partial charge in [-0.15, -0.1) is 0 Å². The molecule has 0 heterocycles. The molecule has 0 radical (unpaired) electrons. The summed E-state index contributed by atoms with van der Waals surface area (Å²) in [6, 6.07) is 8.09.